The maximum absolute atomic E-state index is 9.21. The predicted octanol–water partition coefficient (Wildman–Crippen LogP) is 3.08. The summed E-state index contributed by atoms with van der Waals surface area (Å²) in [5.74, 6) is 1.91. The molecule has 2 fully saturated rings. The molecule has 5 heterocycles. The number of nitrogens with zero attached hydrogens (tertiary/aromatic N) is 6. The zero-order chi connectivity index (χ0) is 23.6. The average Bonchev–Trinajstić information content (AvgIpc) is 3.65. The van der Waals surface area contributed by atoms with Crippen LogP contribution in [-0.4, -0.2) is 67.2 Å². The first-order valence-corrected chi connectivity index (χ1v) is 12.1. The van der Waals surface area contributed by atoms with Gasteiger partial charge in [-0.25, -0.2) is 19.3 Å². The lowest BCUT2D eigenvalue weighted by molar-refractivity contribution is -0.0365. The van der Waals surface area contributed by atoms with Gasteiger partial charge in [0.25, 0.3) is 0 Å². The van der Waals surface area contributed by atoms with Gasteiger partial charge in [0.05, 0.1) is 24.9 Å². The van der Waals surface area contributed by atoms with E-state index in [-0.39, 0.29) is 18.9 Å². The van der Waals surface area contributed by atoms with Crippen LogP contribution in [0.25, 0.3) is 28.2 Å². The maximum Gasteiger partial charge on any atom is 0.182 e. The Balaban J connectivity index is 1.41. The number of aliphatic hydroxyl groups excluding tert-OH is 1. The van der Waals surface area contributed by atoms with E-state index in [9.17, 15) is 5.11 Å². The molecule has 1 aromatic carbocycles. The van der Waals surface area contributed by atoms with Gasteiger partial charge in [-0.1, -0.05) is 0 Å². The molecule has 1 unspecified atom stereocenters. The Morgan fingerprint density at radius 1 is 1.14 bits per heavy atom. The van der Waals surface area contributed by atoms with E-state index >= 15 is 0 Å². The topological polar surface area (TPSA) is 109 Å². The van der Waals surface area contributed by atoms with E-state index < -0.39 is 0 Å². The largest absolute Gasteiger partial charge is 0.488 e. The molecule has 0 aliphatic carbocycles. The van der Waals surface area contributed by atoms with E-state index in [1.54, 1.807) is 23.1 Å². The predicted molar refractivity (Wildman–Crippen MR) is 127 cm³/mol. The van der Waals surface area contributed by atoms with Crippen LogP contribution < -0.4 is 4.74 Å². The summed E-state index contributed by atoms with van der Waals surface area (Å²) in [5.41, 5.74) is 2.57. The fraction of sp³-hybridized carbons (Fsp3) is 0.440. The normalized spacial score (nSPS) is 20.5. The molecule has 3 aromatic heterocycles. The lowest BCUT2D eigenvalue weighted by Gasteiger charge is -2.23. The molecule has 2 aliphatic heterocycles. The Hall–Kier alpha value is -3.34. The third kappa shape index (κ3) is 4.52. The standard InChI is InChI=1S/C25H28N6O4/c32-10-7-17-14-27-30(15-17)22-6-9-26-25(28-22)24-20-13-18(35-19-8-12-33-16-19)4-5-21(20)31(29-24)23-3-1-2-11-34-23/h4-6,9,13-15,19,23,32H,1-3,7-8,10-12,16H2/t19-,23?/m0/s1. The summed E-state index contributed by atoms with van der Waals surface area (Å²) >= 11 is 0. The zero-order valence-electron chi connectivity index (χ0n) is 19.4. The maximum atomic E-state index is 9.21. The number of hydrogen-bond acceptors (Lipinski definition) is 8. The van der Waals surface area contributed by atoms with Crippen LogP contribution in [0.3, 0.4) is 0 Å². The molecule has 6 rings (SSSR count). The van der Waals surface area contributed by atoms with Gasteiger partial charge in [0.2, 0.25) is 0 Å². The van der Waals surface area contributed by atoms with Crippen LogP contribution >= 0.6 is 0 Å². The van der Waals surface area contributed by atoms with E-state index in [4.69, 9.17) is 24.3 Å². The summed E-state index contributed by atoms with van der Waals surface area (Å²) in [5, 5.41) is 19.5. The van der Waals surface area contributed by atoms with Gasteiger partial charge < -0.3 is 19.3 Å². The third-order valence-corrected chi connectivity index (χ3v) is 6.42. The second-order valence-corrected chi connectivity index (χ2v) is 8.90. The number of benzene rings is 1. The molecule has 4 aromatic rings. The van der Waals surface area contributed by atoms with Gasteiger partial charge in [0.1, 0.15) is 17.5 Å². The number of hydrogen-bond donors (Lipinski definition) is 1. The molecule has 0 amide bonds. The fourth-order valence-electron chi connectivity index (χ4n) is 4.63. The van der Waals surface area contributed by atoms with E-state index in [1.807, 2.05) is 29.1 Å². The highest BCUT2D eigenvalue weighted by Crippen LogP contribution is 2.34. The van der Waals surface area contributed by atoms with Gasteiger partial charge in [-0.2, -0.15) is 10.2 Å². The van der Waals surface area contributed by atoms with Gasteiger partial charge in [0.15, 0.2) is 17.9 Å². The SMILES string of the molecule is OCCc1cnn(-c2ccnc(-c3nn(C4CCCCO4)c4ccc(O[C@H]5CCOC5)cc34)n2)c1. The number of ether oxygens (including phenoxy) is 3. The van der Waals surface area contributed by atoms with Crippen molar-refractivity contribution in [3.63, 3.8) is 0 Å². The van der Waals surface area contributed by atoms with Gasteiger partial charge in [-0.15, -0.1) is 0 Å². The summed E-state index contributed by atoms with van der Waals surface area (Å²) < 4.78 is 21.3. The summed E-state index contributed by atoms with van der Waals surface area (Å²) in [6.07, 6.45) is 9.76. The molecule has 182 valence electrons. The van der Waals surface area contributed by atoms with E-state index in [0.29, 0.717) is 30.4 Å². The minimum Gasteiger partial charge on any atom is -0.488 e. The van der Waals surface area contributed by atoms with Crippen molar-refractivity contribution in [2.75, 3.05) is 26.4 Å². The molecule has 2 atom stereocenters. The summed E-state index contributed by atoms with van der Waals surface area (Å²) in [6.45, 7) is 2.13. The molecule has 0 saturated carbocycles. The van der Waals surface area contributed by atoms with Crippen molar-refractivity contribution in [2.24, 2.45) is 0 Å². The Kier molecular flexibility index (Phi) is 6.15. The van der Waals surface area contributed by atoms with Crippen LogP contribution in [0, 0.1) is 0 Å². The van der Waals surface area contributed by atoms with Crippen molar-refractivity contribution in [1.82, 2.24) is 29.5 Å². The second-order valence-electron chi connectivity index (χ2n) is 8.90. The smallest absolute Gasteiger partial charge is 0.182 e. The Labute approximate surface area is 202 Å². The lowest BCUT2D eigenvalue weighted by Crippen LogP contribution is -2.19. The van der Waals surface area contributed by atoms with Crippen molar-refractivity contribution in [3.8, 4) is 23.1 Å². The van der Waals surface area contributed by atoms with E-state index in [2.05, 4.69) is 10.1 Å². The second kappa shape index (κ2) is 9.73. The monoisotopic (exact) mass is 476 g/mol. The fourth-order valence-corrected chi connectivity index (χ4v) is 4.63. The highest BCUT2D eigenvalue weighted by molar-refractivity contribution is 5.92. The molecule has 0 spiro atoms. The molecule has 35 heavy (non-hydrogen) atoms. The van der Waals surface area contributed by atoms with Gasteiger partial charge >= 0.3 is 0 Å². The van der Waals surface area contributed by atoms with Crippen LogP contribution in [0.1, 0.15) is 37.5 Å². The molecule has 2 saturated heterocycles. The highest BCUT2D eigenvalue weighted by atomic mass is 16.5. The number of fused-ring (bicyclic) bond motifs is 1. The number of aliphatic hydroxyl groups is 1. The Morgan fingerprint density at radius 2 is 2.11 bits per heavy atom. The van der Waals surface area contributed by atoms with Crippen molar-refractivity contribution in [3.05, 3.63) is 48.4 Å². The summed E-state index contributed by atoms with van der Waals surface area (Å²) in [4.78, 5) is 9.33. The van der Waals surface area contributed by atoms with E-state index in [1.165, 1.54) is 0 Å². The molecule has 2 aliphatic rings. The molecule has 1 N–H and O–H groups in total. The van der Waals surface area contributed by atoms with Gasteiger partial charge in [-0.05, 0) is 49.4 Å². The van der Waals surface area contributed by atoms with Crippen molar-refractivity contribution in [2.45, 2.75) is 44.4 Å². The zero-order valence-corrected chi connectivity index (χ0v) is 19.4. The summed E-state index contributed by atoms with van der Waals surface area (Å²) in [7, 11) is 0. The van der Waals surface area contributed by atoms with Crippen molar-refractivity contribution >= 4 is 10.9 Å². The average molecular weight is 477 g/mol. The van der Waals surface area contributed by atoms with Crippen LogP contribution in [0.15, 0.2) is 42.9 Å². The molecule has 0 bridgehead atoms. The first-order valence-electron chi connectivity index (χ1n) is 12.1. The first kappa shape index (κ1) is 22.1. The third-order valence-electron chi connectivity index (χ3n) is 6.42. The highest BCUT2D eigenvalue weighted by Gasteiger charge is 2.24. The van der Waals surface area contributed by atoms with Crippen LogP contribution in [0.4, 0.5) is 0 Å². The quantitative estimate of drug-likeness (QED) is 0.433. The molecule has 0 radical (unpaired) electrons. The van der Waals surface area contributed by atoms with E-state index in [0.717, 1.165) is 61.1 Å². The van der Waals surface area contributed by atoms with Crippen LogP contribution in [0.5, 0.6) is 5.75 Å². The molecule has 10 heteroatoms. The van der Waals surface area contributed by atoms with Crippen LogP contribution in [-0.2, 0) is 15.9 Å². The van der Waals surface area contributed by atoms with Crippen LogP contribution in [0.2, 0.25) is 0 Å². The number of rotatable bonds is 7. The minimum atomic E-state index is -0.120. The van der Waals surface area contributed by atoms with Gasteiger partial charge in [0, 0.05) is 43.5 Å². The van der Waals surface area contributed by atoms with Gasteiger partial charge in [-0.3, -0.25) is 0 Å². The van der Waals surface area contributed by atoms with Crippen molar-refractivity contribution < 1.29 is 19.3 Å². The Morgan fingerprint density at radius 3 is 2.94 bits per heavy atom. The van der Waals surface area contributed by atoms with Crippen molar-refractivity contribution in [1.29, 1.82) is 0 Å². The molecular formula is C25H28N6O4. The summed E-state index contributed by atoms with van der Waals surface area (Å²) in [6, 6.07) is 7.83. The molecular weight excluding hydrogens is 448 g/mol. The lowest BCUT2D eigenvalue weighted by atomic mass is 10.1. The molecule has 10 nitrogen and oxygen atoms in total. The first-order chi connectivity index (χ1) is 17.3. The Bertz CT molecular complexity index is 1310. The number of aromatic nitrogens is 6. The minimum absolute atomic E-state index is 0.0557.